The number of aromatic nitrogens is 2. The van der Waals surface area contributed by atoms with Crippen LogP contribution in [0.15, 0.2) is 24.5 Å². The summed E-state index contributed by atoms with van der Waals surface area (Å²) in [5.74, 6) is 0.501. The summed E-state index contributed by atoms with van der Waals surface area (Å²) in [6, 6.07) is 4.42. The molecule has 0 saturated heterocycles. The fourth-order valence-corrected chi connectivity index (χ4v) is 1.73. The van der Waals surface area contributed by atoms with Crippen LogP contribution in [-0.2, 0) is 0 Å². The van der Waals surface area contributed by atoms with Crippen molar-refractivity contribution in [1.82, 2.24) is 9.97 Å². The molecular weight excluding hydrogens is 257 g/mol. The van der Waals surface area contributed by atoms with E-state index in [0.29, 0.717) is 11.6 Å². The summed E-state index contributed by atoms with van der Waals surface area (Å²) >= 11 is 5.88. The molecule has 0 atom stereocenters. The van der Waals surface area contributed by atoms with Crippen LogP contribution in [0, 0.1) is 12.7 Å². The Morgan fingerprint density at radius 2 is 2.11 bits per heavy atom. The molecule has 6 heteroatoms. The molecule has 0 fully saturated rings. The summed E-state index contributed by atoms with van der Waals surface area (Å²) in [5, 5.41) is 3.25. The van der Waals surface area contributed by atoms with Gasteiger partial charge < -0.3 is 10.1 Å². The van der Waals surface area contributed by atoms with E-state index in [1.54, 1.807) is 13.0 Å². The lowest BCUT2D eigenvalue weighted by molar-refractivity contribution is 0.413. The van der Waals surface area contributed by atoms with Gasteiger partial charge in [0.15, 0.2) is 16.7 Å². The molecule has 1 aromatic carbocycles. The second kappa shape index (κ2) is 5.18. The van der Waals surface area contributed by atoms with Crippen LogP contribution in [0.25, 0.3) is 0 Å². The Morgan fingerprint density at radius 1 is 1.33 bits per heavy atom. The third-order valence-corrected chi connectivity index (χ3v) is 2.68. The molecule has 1 aromatic heterocycles. The quantitative estimate of drug-likeness (QED) is 0.867. The lowest BCUT2D eigenvalue weighted by Crippen LogP contribution is -2.00. The number of methoxy groups -OCH3 is 1. The van der Waals surface area contributed by atoms with Gasteiger partial charge in [-0.25, -0.2) is 14.4 Å². The number of ether oxygens (including phenoxy) is 1. The van der Waals surface area contributed by atoms with Crippen LogP contribution >= 0.6 is 11.6 Å². The number of hydrogen-bond acceptors (Lipinski definition) is 4. The fraction of sp³-hybridized carbons (Fsp3) is 0.167. The molecule has 1 N–H and O–H groups in total. The van der Waals surface area contributed by atoms with E-state index < -0.39 is 0 Å². The average Bonchev–Trinajstić information content (AvgIpc) is 2.33. The smallest absolute Gasteiger partial charge is 0.199 e. The second-order valence-corrected chi connectivity index (χ2v) is 3.99. The van der Waals surface area contributed by atoms with E-state index in [1.165, 1.54) is 25.6 Å². The minimum absolute atomic E-state index is 0.217. The molecule has 0 saturated carbocycles. The van der Waals surface area contributed by atoms with E-state index in [9.17, 15) is 4.39 Å². The lowest BCUT2D eigenvalue weighted by atomic mass is 10.2. The highest BCUT2D eigenvalue weighted by Gasteiger charge is 2.11. The Labute approximate surface area is 109 Å². The lowest BCUT2D eigenvalue weighted by Gasteiger charge is -2.12. The summed E-state index contributed by atoms with van der Waals surface area (Å²) < 4.78 is 18.1. The highest BCUT2D eigenvalue weighted by atomic mass is 35.5. The Kier molecular flexibility index (Phi) is 3.62. The molecule has 94 valence electrons. The van der Waals surface area contributed by atoms with Crippen LogP contribution in [0.5, 0.6) is 5.75 Å². The van der Waals surface area contributed by atoms with E-state index in [-0.39, 0.29) is 11.0 Å². The molecule has 1 heterocycles. The maximum absolute atomic E-state index is 13.0. The topological polar surface area (TPSA) is 47.0 Å². The van der Waals surface area contributed by atoms with E-state index >= 15 is 0 Å². The van der Waals surface area contributed by atoms with Crippen molar-refractivity contribution in [2.24, 2.45) is 0 Å². The van der Waals surface area contributed by atoms with E-state index in [2.05, 4.69) is 15.3 Å². The van der Waals surface area contributed by atoms with Crippen molar-refractivity contribution in [3.8, 4) is 5.75 Å². The fourth-order valence-electron chi connectivity index (χ4n) is 1.52. The first-order valence-corrected chi connectivity index (χ1v) is 5.57. The molecule has 0 aliphatic carbocycles. The van der Waals surface area contributed by atoms with Crippen molar-refractivity contribution in [1.29, 1.82) is 0 Å². The first kappa shape index (κ1) is 12.6. The predicted molar refractivity (Wildman–Crippen MR) is 68.0 cm³/mol. The van der Waals surface area contributed by atoms with Crippen molar-refractivity contribution >= 4 is 23.1 Å². The van der Waals surface area contributed by atoms with E-state index in [1.807, 2.05) is 0 Å². The zero-order valence-corrected chi connectivity index (χ0v) is 10.6. The van der Waals surface area contributed by atoms with Crippen LogP contribution in [0.1, 0.15) is 5.56 Å². The van der Waals surface area contributed by atoms with Crippen molar-refractivity contribution in [3.05, 3.63) is 41.1 Å². The maximum Gasteiger partial charge on any atom is 0.199 e. The number of aryl methyl sites for hydroxylation is 1. The third kappa shape index (κ3) is 2.51. The second-order valence-electron chi connectivity index (χ2n) is 3.63. The summed E-state index contributed by atoms with van der Waals surface area (Å²) in [6.07, 6.45) is 1.33. The van der Waals surface area contributed by atoms with Gasteiger partial charge in [0.1, 0.15) is 12.1 Å². The SMILES string of the molecule is COc1c(Cl)ncnc1Nc1ccc(F)cc1C. The number of anilines is 2. The largest absolute Gasteiger partial charge is 0.490 e. The number of benzene rings is 1. The van der Waals surface area contributed by atoms with Gasteiger partial charge in [-0.05, 0) is 30.7 Å². The van der Waals surface area contributed by atoms with Gasteiger partial charge in [-0.1, -0.05) is 11.6 Å². The van der Waals surface area contributed by atoms with Gasteiger partial charge in [-0.3, -0.25) is 0 Å². The molecule has 18 heavy (non-hydrogen) atoms. The molecule has 4 nitrogen and oxygen atoms in total. The van der Waals surface area contributed by atoms with E-state index in [4.69, 9.17) is 16.3 Å². The summed E-state index contributed by atoms with van der Waals surface area (Å²) in [5.41, 5.74) is 1.48. The highest BCUT2D eigenvalue weighted by Crippen LogP contribution is 2.31. The molecule has 0 radical (unpaired) electrons. The third-order valence-electron chi connectivity index (χ3n) is 2.41. The molecule has 2 rings (SSSR count). The van der Waals surface area contributed by atoms with Gasteiger partial charge in [0.2, 0.25) is 0 Å². The van der Waals surface area contributed by atoms with Crippen LogP contribution in [0.3, 0.4) is 0 Å². The number of hydrogen-bond donors (Lipinski definition) is 1. The van der Waals surface area contributed by atoms with Gasteiger partial charge in [0.05, 0.1) is 7.11 Å². The highest BCUT2D eigenvalue weighted by molar-refractivity contribution is 6.31. The summed E-state index contributed by atoms with van der Waals surface area (Å²) in [7, 11) is 1.48. The van der Waals surface area contributed by atoms with Crippen molar-refractivity contribution in [2.75, 3.05) is 12.4 Å². The molecule has 2 aromatic rings. The Hall–Kier alpha value is -1.88. The Bertz CT molecular complexity index is 577. The standard InChI is InChI=1S/C12H11ClFN3O/c1-7-5-8(14)3-4-9(7)17-12-10(18-2)11(13)15-6-16-12/h3-6H,1-2H3,(H,15,16,17). The molecule has 0 aliphatic heterocycles. The van der Waals surface area contributed by atoms with Gasteiger partial charge in [-0.15, -0.1) is 0 Å². The molecule has 0 aliphatic rings. The van der Waals surface area contributed by atoms with Crippen molar-refractivity contribution < 1.29 is 9.13 Å². The average molecular weight is 268 g/mol. The molecule has 0 amide bonds. The minimum atomic E-state index is -0.286. The molecule has 0 bridgehead atoms. The first-order valence-electron chi connectivity index (χ1n) is 5.19. The zero-order valence-electron chi connectivity index (χ0n) is 9.87. The van der Waals surface area contributed by atoms with Crippen molar-refractivity contribution in [3.63, 3.8) is 0 Å². The Balaban J connectivity index is 2.37. The number of nitrogens with zero attached hydrogens (tertiary/aromatic N) is 2. The summed E-state index contributed by atoms with van der Waals surface area (Å²) in [4.78, 5) is 7.86. The maximum atomic E-state index is 13.0. The number of rotatable bonds is 3. The van der Waals surface area contributed by atoms with E-state index in [0.717, 1.165) is 11.3 Å². The van der Waals surface area contributed by atoms with Crippen LogP contribution in [0.2, 0.25) is 5.15 Å². The number of halogens is 2. The van der Waals surface area contributed by atoms with Gasteiger partial charge >= 0.3 is 0 Å². The Morgan fingerprint density at radius 3 is 2.78 bits per heavy atom. The van der Waals surface area contributed by atoms with Crippen LogP contribution in [-0.4, -0.2) is 17.1 Å². The predicted octanol–water partition coefficient (Wildman–Crippen LogP) is 3.33. The van der Waals surface area contributed by atoms with Crippen molar-refractivity contribution in [2.45, 2.75) is 6.92 Å². The monoisotopic (exact) mass is 267 g/mol. The normalized spacial score (nSPS) is 10.2. The zero-order chi connectivity index (χ0) is 13.1. The van der Waals surface area contributed by atoms with Gasteiger partial charge in [0.25, 0.3) is 0 Å². The first-order chi connectivity index (χ1) is 8.61. The van der Waals surface area contributed by atoms with Gasteiger partial charge in [-0.2, -0.15) is 0 Å². The molecular formula is C12H11ClFN3O. The van der Waals surface area contributed by atoms with Gasteiger partial charge in [0, 0.05) is 5.69 Å². The minimum Gasteiger partial charge on any atom is -0.490 e. The number of nitrogens with one attached hydrogen (secondary N) is 1. The molecule has 0 unspecified atom stereocenters. The summed E-state index contributed by atoms with van der Waals surface area (Å²) in [6.45, 7) is 1.79. The molecule has 0 spiro atoms. The van der Waals surface area contributed by atoms with Crippen LogP contribution < -0.4 is 10.1 Å². The van der Waals surface area contributed by atoms with Crippen LogP contribution in [0.4, 0.5) is 15.9 Å².